The van der Waals surface area contributed by atoms with Crippen LogP contribution in [0.5, 0.6) is 11.5 Å². The molecule has 36 heavy (non-hydrogen) atoms. The maximum atomic E-state index is 12.7. The Bertz CT molecular complexity index is 1450. The van der Waals surface area contributed by atoms with E-state index < -0.39 is 5.91 Å². The highest BCUT2D eigenvalue weighted by Gasteiger charge is 2.13. The number of amides is 1. The summed E-state index contributed by atoms with van der Waals surface area (Å²) in [6, 6.07) is 27.3. The number of fused-ring (bicyclic) bond motifs is 1. The van der Waals surface area contributed by atoms with Gasteiger partial charge in [0.25, 0.3) is 5.91 Å². The molecule has 4 aromatic rings. The number of anilines is 1. The second-order valence-corrected chi connectivity index (χ2v) is 10.1. The average Bonchev–Trinajstić information content (AvgIpc) is 2.88. The third kappa shape index (κ3) is 6.36. The van der Waals surface area contributed by atoms with E-state index in [2.05, 4.69) is 74.8 Å². The Morgan fingerprint density at radius 2 is 1.67 bits per heavy atom. The molecule has 0 aromatic heterocycles. The molecule has 0 fully saturated rings. The lowest BCUT2D eigenvalue weighted by Gasteiger charge is -2.13. The Morgan fingerprint density at radius 1 is 0.972 bits per heavy atom. The van der Waals surface area contributed by atoms with Crippen molar-refractivity contribution in [2.45, 2.75) is 13.5 Å². The molecule has 0 aliphatic carbocycles. The fourth-order valence-corrected chi connectivity index (χ4v) is 5.81. The Morgan fingerprint density at radius 3 is 2.36 bits per heavy atom. The van der Waals surface area contributed by atoms with E-state index in [-0.39, 0.29) is 5.57 Å². The quantitative estimate of drug-likeness (QED) is 0.117. The van der Waals surface area contributed by atoms with Crippen molar-refractivity contribution < 1.29 is 14.3 Å². The predicted octanol–water partition coefficient (Wildman–Crippen LogP) is 7.57. The van der Waals surface area contributed by atoms with Gasteiger partial charge in [-0.05, 0) is 116 Å². The van der Waals surface area contributed by atoms with Gasteiger partial charge in [0.2, 0.25) is 0 Å². The van der Waals surface area contributed by atoms with Crippen LogP contribution in [0.3, 0.4) is 0 Å². The zero-order chi connectivity index (χ0) is 25.5. The van der Waals surface area contributed by atoms with Gasteiger partial charge in [0.1, 0.15) is 29.7 Å². The first-order valence-electron chi connectivity index (χ1n) is 11.2. The average molecular weight is 700 g/mol. The topological polar surface area (TPSA) is 71.3 Å². The van der Waals surface area contributed by atoms with E-state index in [1.54, 1.807) is 30.3 Å². The van der Waals surface area contributed by atoms with Crippen LogP contribution in [0.1, 0.15) is 18.1 Å². The maximum absolute atomic E-state index is 12.7. The van der Waals surface area contributed by atoms with Crippen LogP contribution in [0.25, 0.3) is 16.8 Å². The molecule has 4 rings (SSSR count). The van der Waals surface area contributed by atoms with Crippen LogP contribution < -0.4 is 14.8 Å². The van der Waals surface area contributed by atoms with Crippen molar-refractivity contribution in [2.24, 2.45) is 0 Å². The Balaban J connectivity index is 1.49. The summed E-state index contributed by atoms with van der Waals surface area (Å²) in [4.78, 5) is 12.7. The molecule has 0 radical (unpaired) electrons. The second-order valence-electron chi connectivity index (χ2n) is 7.82. The normalized spacial score (nSPS) is 11.1. The Kier molecular flexibility index (Phi) is 8.83. The summed E-state index contributed by atoms with van der Waals surface area (Å²) < 4.78 is 13.4. The number of nitriles is 1. The van der Waals surface area contributed by atoms with Gasteiger partial charge in [0.15, 0.2) is 0 Å². The van der Waals surface area contributed by atoms with Crippen LogP contribution in [0.15, 0.2) is 84.4 Å². The molecular formula is C29H22I2N2O3. The number of ether oxygens (including phenoxy) is 2. The Labute approximate surface area is 237 Å². The molecule has 5 nitrogen and oxygen atoms in total. The molecule has 0 heterocycles. The molecule has 0 saturated heterocycles. The number of rotatable bonds is 8. The molecule has 0 spiro atoms. The van der Waals surface area contributed by atoms with Crippen LogP contribution >= 0.6 is 45.2 Å². The van der Waals surface area contributed by atoms with Gasteiger partial charge in [-0.15, -0.1) is 0 Å². The molecule has 7 heteroatoms. The summed E-state index contributed by atoms with van der Waals surface area (Å²) in [6.07, 6.45) is 1.59. The minimum atomic E-state index is -0.469. The molecule has 0 bridgehead atoms. The lowest BCUT2D eigenvalue weighted by atomic mass is 10.1. The smallest absolute Gasteiger partial charge is 0.266 e. The van der Waals surface area contributed by atoms with Crippen LogP contribution in [0, 0.1) is 18.5 Å². The standard InChI is InChI=1S/C29H22I2N2O3/c1-2-35-24-12-10-23(11-13-24)33-29(34)22(17-32)14-19-15-26(30)28(27(31)16-19)36-18-21-8-5-7-20-6-3-4-9-25(20)21/h3-16H,2,18H2,1H3,(H,33,34)/b22-14+. The number of hydrogen-bond acceptors (Lipinski definition) is 4. The summed E-state index contributed by atoms with van der Waals surface area (Å²) in [5, 5.41) is 14.7. The van der Waals surface area contributed by atoms with E-state index >= 15 is 0 Å². The van der Waals surface area contributed by atoms with Crippen molar-refractivity contribution in [3.05, 3.63) is 103 Å². The van der Waals surface area contributed by atoms with Crippen molar-refractivity contribution in [2.75, 3.05) is 11.9 Å². The number of hydrogen-bond donors (Lipinski definition) is 1. The van der Waals surface area contributed by atoms with E-state index in [0.717, 1.165) is 29.8 Å². The monoisotopic (exact) mass is 700 g/mol. The molecule has 0 aliphatic heterocycles. The fourth-order valence-electron chi connectivity index (χ4n) is 3.68. The van der Waals surface area contributed by atoms with Gasteiger partial charge in [-0.3, -0.25) is 4.79 Å². The Hall–Kier alpha value is -3.10. The summed E-state index contributed by atoms with van der Waals surface area (Å²) in [5.41, 5.74) is 2.46. The molecule has 1 amide bonds. The van der Waals surface area contributed by atoms with E-state index in [1.165, 1.54) is 10.8 Å². The number of nitrogens with zero attached hydrogens (tertiary/aromatic N) is 1. The molecule has 180 valence electrons. The maximum Gasteiger partial charge on any atom is 0.266 e. The number of benzene rings is 4. The lowest BCUT2D eigenvalue weighted by Crippen LogP contribution is -2.13. The van der Waals surface area contributed by atoms with Gasteiger partial charge in [0.05, 0.1) is 13.7 Å². The molecule has 0 atom stereocenters. The van der Waals surface area contributed by atoms with E-state index in [4.69, 9.17) is 9.47 Å². The summed E-state index contributed by atoms with van der Waals surface area (Å²) >= 11 is 4.45. The van der Waals surface area contributed by atoms with Gasteiger partial charge >= 0.3 is 0 Å². The third-order valence-electron chi connectivity index (χ3n) is 5.37. The van der Waals surface area contributed by atoms with Gasteiger partial charge in [-0.25, -0.2) is 0 Å². The molecule has 1 N–H and O–H groups in total. The summed E-state index contributed by atoms with van der Waals surface area (Å²) in [7, 11) is 0. The van der Waals surface area contributed by atoms with Crippen molar-refractivity contribution in [1.29, 1.82) is 5.26 Å². The first-order chi connectivity index (χ1) is 17.5. The number of nitrogens with one attached hydrogen (secondary N) is 1. The first kappa shape index (κ1) is 26.0. The van der Waals surface area contributed by atoms with Crippen LogP contribution in [0.4, 0.5) is 5.69 Å². The molecule has 0 unspecified atom stereocenters. The number of carbonyl (C=O) groups is 1. The number of carbonyl (C=O) groups excluding carboxylic acids is 1. The lowest BCUT2D eigenvalue weighted by molar-refractivity contribution is -0.112. The second kappa shape index (κ2) is 12.2. The fraction of sp³-hybridized carbons (Fsp3) is 0.103. The van der Waals surface area contributed by atoms with Crippen LogP contribution in [0.2, 0.25) is 0 Å². The van der Waals surface area contributed by atoms with Gasteiger partial charge < -0.3 is 14.8 Å². The summed E-state index contributed by atoms with van der Waals surface area (Å²) in [6.45, 7) is 2.92. The molecule has 0 saturated carbocycles. The highest BCUT2D eigenvalue weighted by molar-refractivity contribution is 14.1. The highest BCUT2D eigenvalue weighted by Crippen LogP contribution is 2.31. The molecular weight excluding hydrogens is 678 g/mol. The van der Waals surface area contributed by atoms with Crippen molar-refractivity contribution in [1.82, 2.24) is 0 Å². The molecule has 4 aromatic carbocycles. The van der Waals surface area contributed by atoms with Gasteiger partial charge in [-0.2, -0.15) is 5.26 Å². The van der Waals surface area contributed by atoms with Crippen molar-refractivity contribution in [3.63, 3.8) is 0 Å². The predicted molar refractivity (Wildman–Crippen MR) is 160 cm³/mol. The van der Waals surface area contributed by atoms with Gasteiger partial charge in [0, 0.05) is 5.69 Å². The van der Waals surface area contributed by atoms with Crippen molar-refractivity contribution >= 4 is 73.6 Å². The summed E-state index contributed by atoms with van der Waals surface area (Å²) in [5.74, 6) is 1.03. The van der Waals surface area contributed by atoms with Crippen LogP contribution in [-0.2, 0) is 11.4 Å². The minimum absolute atomic E-state index is 0.0138. The van der Waals surface area contributed by atoms with E-state index in [0.29, 0.717) is 18.9 Å². The molecule has 0 aliphatic rings. The third-order valence-corrected chi connectivity index (χ3v) is 6.97. The zero-order valence-electron chi connectivity index (χ0n) is 19.4. The van der Waals surface area contributed by atoms with Crippen LogP contribution in [-0.4, -0.2) is 12.5 Å². The zero-order valence-corrected chi connectivity index (χ0v) is 23.7. The SMILES string of the molecule is CCOc1ccc(NC(=O)/C(C#N)=C/c2cc(I)c(OCc3cccc4ccccc34)c(I)c2)cc1. The highest BCUT2D eigenvalue weighted by atomic mass is 127. The number of halogens is 2. The van der Waals surface area contributed by atoms with Crippen molar-refractivity contribution in [3.8, 4) is 17.6 Å². The minimum Gasteiger partial charge on any atom is -0.494 e. The van der Waals surface area contributed by atoms with E-state index in [1.807, 2.05) is 43.3 Å². The van der Waals surface area contributed by atoms with Gasteiger partial charge in [-0.1, -0.05) is 42.5 Å². The largest absolute Gasteiger partial charge is 0.494 e. The van der Waals surface area contributed by atoms with E-state index in [9.17, 15) is 10.1 Å². The first-order valence-corrected chi connectivity index (χ1v) is 13.4.